The Kier molecular flexibility index (Phi) is 3.53. The number of halogens is 2. The summed E-state index contributed by atoms with van der Waals surface area (Å²) in [5.41, 5.74) is -0.523. The molecule has 3 rings (SSSR count). The van der Waals surface area contributed by atoms with E-state index in [1.807, 2.05) is 0 Å². The Labute approximate surface area is 123 Å². The summed E-state index contributed by atoms with van der Waals surface area (Å²) in [4.78, 5) is 11.5. The molecular formula is C14H12F2N2O4. The molecule has 1 aromatic heterocycles. The van der Waals surface area contributed by atoms with Gasteiger partial charge in [-0.2, -0.15) is 5.10 Å². The molecule has 2 heterocycles. The highest BCUT2D eigenvalue weighted by Gasteiger charge is 2.31. The molecule has 1 unspecified atom stereocenters. The average molecular weight is 310 g/mol. The Balaban J connectivity index is 2.16. The predicted molar refractivity (Wildman–Crippen MR) is 70.6 cm³/mol. The predicted octanol–water partition coefficient (Wildman–Crippen LogP) is 1.53. The lowest BCUT2D eigenvalue weighted by molar-refractivity contribution is 0.0680. The minimum absolute atomic E-state index is 0.0101. The van der Waals surface area contributed by atoms with Gasteiger partial charge in [-0.3, -0.25) is 0 Å². The van der Waals surface area contributed by atoms with Crippen LogP contribution >= 0.6 is 0 Å². The van der Waals surface area contributed by atoms with Gasteiger partial charge in [0, 0.05) is 17.5 Å². The van der Waals surface area contributed by atoms with E-state index in [-0.39, 0.29) is 48.4 Å². The fourth-order valence-electron chi connectivity index (χ4n) is 2.38. The van der Waals surface area contributed by atoms with E-state index < -0.39 is 17.6 Å². The number of carboxylic acid groups (broad SMARTS) is 1. The lowest BCUT2D eigenvalue weighted by Crippen LogP contribution is -2.28. The largest absolute Gasteiger partial charge is 0.477 e. The van der Waals surface area contributed by atoms with Gasteiger partial charge in [0.2, 0.25) is 5.88 Å². The summed E-state index contributed by atoms with van der Waals surface area (Å²) in [6.07, 6.45) is 0. The smallest absolute Gasteiger partial charge is 0.343 e. The zero-order valence-corrected chi connectivity index (χ0v) is 11.3. The molecular weight excluding hydrogens is 298 g/mol. The van der Waals surface area contributed by atoms with Gasteiger partial charge in [-0.15, -0.1) is 0 Å². The van der Waals surface area contributed by atoms with Crippen molar-refractivity contribution in [1.82, 2.24) is 9.78 Å². The van der Waals surface area contributed by atoms with Gasteiger partial charge in [-0.25, -0.2) is 18.3 Å². The number of carboxylic acids is 1. The number of aliphatic hydroxyl groups excluding tert-OH is 1. The molecule has 22 heavy (non-hydrogen) atoms. The van der Waals surface area contributed by atoms with Crippen LogP contribution in [0.25, 0.3) is 11.3 Å². The van der Waals surface area contributed by atoms with Gasteiger partial charge < -0.3 is 14.9 Å². The van der Waals surface area contributed by atoms with E-state index in [1.54, 1.807) is 0 Å². The van der Waals surface area contributed by atoms with Crippen molar-refractivity contribution in [3.63, 3.8) is 0 Å². The second-order valence-corrected chi connectivity index (χ2v) is 5.00. The van der Waals surface area contributed by atoms with Gasteiger partial charge >= 0.3 is 5.97 Å². The number of aliphatic hydroxyl groups is 1. The summed E-state index contributed by atoms with van der Waals surface area (Å²) in [6.45, 7) is 0.269. The van der Waals surface area contributed by atoms with Crippen LogP contribution in [0.15, 0.2) is 18.2 Å². The summed E-state index contributed by atoms with van der Waals surface area (Å²) < 4.78 is 33.6. The number of rotatable bonds is 3. The maximum Gasteiger partial charge on any atom is 0.343 e. The quantitative estimate of drug-likeness (QED) is 0.898. The molecule has 1 aliphatic heterocycles. The first-order valence-corrected chi connectivity index (χ1v) is 6.54. The molecule has 0 fully saturated rings. The number of ether oxygens (including phenoxy) is 1. The van der Waals surface area contributed by atoms with E-state index in [0.29, 0.717) is 6.07 Å². The summed E-state index contributed by atoms with van der Waals surface area (Å²) in [5.74, 6) is -3.20. The molecule has 1 aromatic carbocycles. The first-order chi connectivity index (χ1) is 10.5. The molecule has 2 N–H and O–H groups in total. The molecule has 0 saturated heterocycles. The van der Waals surface area contributed by atoms with E-state index >= 15 is 0 Å². The fourth-order valence-corrected chi connectivity index (χ4v) is 2.38. The lowest BCUT2D eigenvalue weighted by Gasteiger charge is -2.22. The SMILES string of the molecule is O=C(O)c1c(-c2ccc(F)cc2F)nn2c1OCC(CO)C2. The van der Waals surface area contributed by atoms with Gasteiger partial charge in [0.05, 0.1) is 19.8 Å². The number of aromatic carboxylic acids is 1. The van der Waals surface area contributed by atoms with Crippen LogP contribution in [0.4, 0.5) is 8.78 Å². The minimum Gasteiger partial charge on any atom is -0.477 e. The van der Waals surface area contributed by atoms with E-state index in [0.717, 1.165) is 12.1 Å². The number of fused-ring (bicyclic) bond motifs is 1. The van der Waals surface area contributed by atoms with E-state index in [1.165, 1.54) is 4.68 Å². The van der Waals surface area contributed by atoms with E-state index in [9.17, 15) is 18.7 Å². The van der Waals surface area contributed by atoms with Crippen LogP contribution in [0.2, 0.25) is 0 Å². The number of aromatic nitrogens is 2. The van der Waals surface area contributed by atoms with Crippen LogP contribution in [0.1, 0.15) is 10.4 Å². The molecule has 1 aliphatic rings. The van der Waals surface area contributed by atoms with Crippen molar-refractivity contribution in [2.75, 3.05) is 13.2 Å². The van der Waals surface area contributed by atoms with Crippen molar-refractivity contribution in [1.29, 1.82) is 0 Å². The van der Waals surface area contributed by atoms with Crippen molar-refractivity contribution in [3.8, 4) is 17.1 Å². The Morgan fingerprint density at radius 3 is 2.86 bits per heavy atom. The van der Waals surface area contributed by atoms with E-state index in [4.69, 9.17) is 9.84 Å². The van der Waals surface area contributed by atoms with Crippen molar-refractivity contribution in [3.05, 3.63) is 35.4 Å². The van der Waals surface area contributed by atoms with Gasteiger partial charge in [-0.1, -0.05) is 0 Å². The van der Waals surface area contributed by atoms with Gasteiger partial charge in [0.25, 0.3) is 0 Å². The molecule has 0 aliphatic carbocycles. The monoisotopic (exact) mass is 310 g/mol. The molecule has 0 spiro atoms. The highest BCUT2D eigenvalue weighted by atomic mass is 19.1. The summed E-state index contributed by atoms with van der Waals surface area (Å²) >= 11 is 0. The zero-order valence-electron chi connectivity index (χ0n) is 11.3. The third-order valence-electron chi connectivity index (χ3n) is 3.45. The van der Waals surface area contributed by atoms with Crippen LogP contribution in [-0.4, -0.2) is 39.2 Å². The average Bonchev–Trinajstić information content (AvgIpc) is 2.85. The summed E-state index contributed by atoms with van der Waals surface area (Å²) in [7, 11) is 0. The highest BCUT2D eigenvalue weighted by Crippen LogP contribution is 2.34. The summed E-state index contributed by atoms with van der Waals surface area (Å²) in [5, 5.41) is 22.6. The Hall–Kier alpha value is -2.48. The van der Waals surface area contributed by atoms with Crippen molar-refractivity contribution >= 4 is 5.97 Å². The third kappa shape index (κ3) is 2.31. The van der Waals surface area contributed by atoms with Crippen molar-refractivity contribution < 1.29 is 28.5 Å². The summed E-state index contributed by atoms with van der Waals surface area (Å²) in [6, 6.07) is 2.82. The minimum atomic E-state index is -1.32. The maximum absolute atomic E-state index is 13.9. The maximum atomic E-state index is 13.9. The molecule has 0 amide bonds. The third-order valence-corrected chi connectivity index (χ3v) is 3.45. The molecule has 0 bridgehead atoms. The number of hydrogen-bond donors (Lipinski definition) is 2. The Morgan fingerprint density at radius 1 is 1.45 bits per heavy atom. The van der Waals surface area contributed by atoms with Crippen LogP contribution < -0.4 is 4.74 Å². The number of carbonyl (C=O) groups is 1. The van der Waals surface area contributed by atoms with Gasteiger partial charge in [0.1, 0.15) is 22.9 Å². The molecule has 116 valence electrons. The molecule has 6 nitrogen and oxygen atoms in total. The van der Waals surface area contributed by atoms with Crippen molar-refractivity contribution in [2.24, 2.45) is 5.92 Å². The van der Waals surface area contributed by atoms with Gasteiger partial charge in [0.15, 0.2) is 0 Å². The number of benzene rings is 1. The molecule has 0 saturated carbocycles. The van der Waals surface area contributed by atoms with E-state index in [2.05, 4.69) is 5.10 Å². The second kappa shape index (κ2) is 5.38. The normalized spacial score (nSPS) is 17.0. The first kappa shape index (κ1) is 14.5. The van der Waals surface area contributed by atoms with Crippen molar-refractivity contribution in [2.45, 2.75) is 6.54 Å². The Morgan fingerprint density at radius 2 is 2.23 bits per heavy atom. The van der Waals surface area contributed by atoms with Crippen LogP contribution in [-0.2, 0) is 6.54 Å². The van der Waals surface area contributed by atoms with Gasteiger partial charge in [-0.05, 0) is 12.1 Å². The second-order valence-electron chi connectivity index (χ2n) is 5.00. The van der Waals surface area contributed by atoms with Crippen LogP contribution in [0, 0.1) is 17.6 Å². The first-order valence-electron chi connectivity index (χ1n) is 6.54. The number of hydrogen-bond acceptors (Lipinski definition) is 4. The molecule has 1 atom stereocenters. The van der Waals surface area contributed by atoms with Crippen LogP contribution in [0.3, 0.4) is 0 Å². The fraction of sp³-hybridized carbons (Fsp3) is 0.286. The zero-order chi connectivity index (χ0) is 15.9. The Bertz CT molecular complexity index is 745. The molecule has 2 aromatic rings. The molecule has 8 heteroatoms. The standard InChI is InChI=1S/C14H12F2N2O4/c15-8-1-2-9(10(16)3-8)12-11(14(20)21)13-18(17-12)4-7(5-19)6-22-13/h1-3,7,19H,4-6H2,(H,20,21). The van der Waals surface area contributed by atoms with Crippen LogP contribution in [0.5, 0.6) is 5.88 Å². The molecule has 0 radical (unpaired) electrons. The number of nitrogens with zero attached hydrogens (tertiary/aromatic N) is 2. The highest BCUT2D eigenvalue weighted by molar-refractivity contribution is 5.97. The topological polar surface area (TPSA) is 84.6 Å². The lowest BCUT2D eigenvalue weighted by atomic mass is 10.1.